The number of carbonyl (C=O) groups is 2. The molecule has 3 aliphatic carbocycles. The number of aliphatic hydroxyl groups is 6. The van der Waals surface area contributed by atoms with Gasteiger partial charge in [0.1, 0.15) is 18.0 Å². The number of amides is 1. The Morgan fingerprint density at radius 3 is 2.40 bits per heavy atom. The van der Waals surface area contributed by atoms with Crippen LogP contribution in [0.5, 0.6) is 5.75 Å². The molecule has 5 aliphatic rings. The fourth-order valence-electron chi connectivity index (χ4n) is 14.1. The van der Waals surface area contributed by atoms with Gasteiger partial charge in [-0.2, -0.15) is 0 Å². The summed E-state index contributed by atoms with van der Waals surface area (Å²) in [6.45, 7) is 11.7. The molecule has 15 nitrogen and oxygen atoms in total. The minimum Gasteiger partial charge on any atom is -0.508 e. The van der Waals surface area contributed by atoms with Crippen LogP contribution in [0.15, 0.2) is 130 Å². The van der Waals surface area contributed by atoms with Crippen molar-refractivity contribution >= 4 is 17.6 Å². The van der Waals surface area contributed by atoms with Crippen LogP contribution in [-0.4, -0.2) is 103 Å². The fraction of sp³-hybridized carbons (Fsp3) is 0.508. The van der Waals surface area contributed by atoms with Crippen molar-refractivity contribution in [3.63, 3.8) is 0 Å². The molecule has 14 atom stereocenters. The second kappa shape index (κ2) is 24.7. The average molecular weight is 1070 g/mol. The van der Waals surface area contributed by atoms with Crippen LogP contribution in [0.2, 0.25) is 0 Å². The van der Waals surface area contributed by atoms with E-state index in [4.69, 9.17) is 17.2 Å². The van der Waals surface area contributed by atoms with Gasteiger partial charge in [-0.25, -0.2) is 0 Å². The molecule has 3 aromatic rings. The predicted octanol–water partition coefficient (Wildman–Crippen LogP) is 5.96. The van der Waals surface area contributed by atoms with Gasteiger partial charge >= 0.3 is 0 Å². The van der Waals surface area contributed by atoms with Gasteiger partial charge in [-0.3, -0.25) is 19.9 Å². The number of rotatable bonds is 9. The number of phenols is 1. The first kappa shape index (κ1) is 58.4. The van der Waals surface area contributed by atoms with Crippen LogP contribution in [0.3, 0.4) is 0 Å². The van der Waals surface area contributed by atoms with Crippen molar-refractivity contribution in [2.75, 3.05) is 13.1 Å². The monoisotopic (exact) mass is 1070 g/mol. The summed E-state index contributed by atoms with van der Waals surface area (Å²) in [5, 5.41) is 90.1. The molecule has 15 heteroatoms. The molecule has 0 radical (unpaired) electrons. The van der Waals surface area contributed by atoms with E-state index in [1.54, 1.807) is 43.3 Å². The van der Waals surface area contributed by atoms with E-state index in [1.165, 1.54) is 0 Å². The maximum Gasteiger partial charge on any atom is 0.243 e. The van der Waals surface area contributed by atoms with E-state index in [1.807, 2.05) is 75.4 Å². The summed E-state index contributed by atoms with van der Waals surface area (Å²) in [6, 6.07) is 19.0. The number of phenolic OH excluding ortho intramolecular Hbond substituents is 1. The van der Waals surface area contributed by atoms with Crippen LogP contribution in [0.4, 0.5) is 0 Å². The summed E-state index contributed by atoms with van der Waals surface area (Å²) in [6.07, 6.45) is 6.25. The Morgan fingerprint density at radius 2 is 1.68 bits per heavy atom. The summed E-state index contributed by atoms with van der Waals surface area (Å²) in [7, 11) is 0. The molecule has 3 aromatic carbocycles. The van der Waals surface area contributed by atoms with Gasteiger partial charge in [0.25, 0.3) is 0 Å². The molecule has 14 unspecified atom stereocenters. The second-order valence-corrected chi connectivity index (χ2v) is 23.5. The van der Waals surface area contributed by atoms with Gasteiger partial charge in [0.2, 0.25) is 5.91 Å². The van der Waals surface area contributed by atoms with Gasteiger partial charge < -0.3 is 58.3 Å². The highest BCUT2D eigenvalue weighted by Crippen LogP contribution is 2.66. The summed E-state index contributed by atoms with van der Waals surface area (Å²) in [5.74, 6) is -2.92. The molecule has 1 amide bonds. The van der Waals surface area contributed by atoms with E-state index in [9.17, 15) is 40.5 Å². The van der Waals surface area contributed by atoms with E-state index in [-0.39, 0.29) is 62.2 Å². The summed E-state index contributed by atoms with van der Waals surface area (Å²) < 4.78 is 0. The number of nitrogens with two attached hydrogens (primary N) is 3. The Hall–Kier alpha value is -5.75. The molecule has 420 valence electrons. The summed E-state index contributed by atoms with van der Waals surface area (Å²) in [5.41, 5.74) is 23.7. The number of Topliss-reactive ketones (excluding diaryl/α,β-unsaturated/α-hetero) is 1. The molecular formula is C63H84N6O9. The van der Waals surface area contributed by atoms with Crippen LogP contribution in [0.1, 0.15) is 137 Å². The normalized spacial score (nSPS) is 32.3. The van der Waals surface area contributed by atoms with Crippen molar-refractivity contribution in [3.05, 3.63) is 159 Å². The smallest absolute Gasteiger partial charge is 0.243 e. The number of fused-ring (bicyclic) bond motifs is 5. The fourth-order valence-corrected chi connectivity index (χ4v) is 14.1. The molecular weight excluding hydrogens is 985 g/mol. The van der Waals surface area contributed by atoms with Gasteiger partial charge in [-0.15, -0.1) is 0 Å². The number of β-amino-alcohol motifs (C(OH)–C–C–N with tert-alkyl or cyclic N) is 1. The number of guanidine groups is 1. The Balaban J connectivity index is 1.22. The maximum atomic E-state index is 15.2. The van der Waals surface area contributed by atoms with Gasteiger partial charge in [0.15, 0.2) is 11.7 Å². The molecule has 2 heterocycles. The Kier molecular flexibility index (Phi) is 18.5. The quantitative estimate of drug-likeness (QED) is 0.0511. The number of nitrogens with zero attached hydrogens (tertiary/aromatic N) is 1. The van der Waals surface area contributed by atoms with E-state index in [2.05, 4.69) is 22.2 Å². The first-order valence-electron chi connectivity index (χ1n) is 28.0. The molecule has 2 bridgehead atoms. The predicted molar refractivity (Wildman–Crippen MR) is 303 cm³/mol. The van der Waals surface area contributed by atoms with Crippen LogP contribution in [-0.2, 0) is 28.9 Å². The molecule has 3 saturated carbocycles. The number of carbonyl (C=O) groups excluding carboxylic acids is 2. The SMILES string of the molecule is C=C(C=CC=C1C(O)CCCC2CC3(C4CCC(O)Cc5cccc(c5)CC(C(CN=C(N)N)c5ccc(O)cc5)C(O)CNC5C(=O)NC(N)c6cccc(c65)CC(=O)C(C)=C4CCC3(C)O)C(O)C12)C(O)CC=C(C)C. The third-order valence-electron chi connectivity index (χ3n) is 18.2. The Bertz CT molecular complexity index is 2830. The van der Waals surface area contributed by atoms with E-state index < -0.39 is 83.3 Å². The molecule has 15 N–H and O–H groups in total. The van der Waals surface area contributed by atoms with Crippen LogP contribution < -0.4 is 27.8 Å². The molecule has 0 aromatic heterocycles. The first-order valence-corrected chi connectivity index (χ1v) is 28.0. The number of benzene rings is 3. The summed E-state index contributed by atoms with van der Waals surface area (Å²) in [4.78, 5) is 33.8. The van der Waals surface area contributed by atoms with Crippen molar-refractivity contribution in [3.8, 4) is 5.75 Å². The first-order chi connectivity index (χ1) is 37.1. The molecule has 1 spiro atoms. The molecule has 0 saturated heterocycles. The summed E-state index contributed by atoms with van der Waals surface area (Å²) >= 11 is 0. The van der Waals surface area contributed by atoms with Crippen LogP contribution in [0, 0.1) is 29.1 Å². The topological polar surface area (TPSA) is 290 Å². The van der Waals surface area contributed by atoms with E-state index >= 15 is 4.79 Å². The highest BCUT2D eigenvalue weighted by atomic mass is 16.3. The number of hydrogen-bond acceptors (Lipinski definition) is 12. The lowest BCUT2D eigenvalue weighted by atomic mass is 9.52. The van der Waals surface area contributed by atoms with Crippen LogP contribution in [0.25, 0.3) is 0 Å². The third-order valence-corrected chi connectivity index (χ3v) is 18.2. The Morgan fingerprint density at radius 1 is 0.962 bits per heavy atom. The number of allylic oxidation sites excluding steroid dienone is 5. The van der Waals surface area contributed by atoms with Gasteiger partial charge in [-0.1, -0.05) is 103 Å². The highest BCUT2D eigenvalue weighted by molar-refractivity contribution is 5.98. The zero-order valence-corrected chi connectivity index (χ0v) is 45.8. The maximum absolute atomic E-state index is 15.2. The van der Waals surface area contributed by atoms with E-state index in [0.717, 1.165) is 27.8 Å². The molecule has 2 aliphatic heterocycles. The zero-order chi connectivity index (χ0) is 56.2. The number of hydrogen-bond donors (Lipinski definition) is 12. The minimum atomic E-state index is -1.42. The third kappa shape index (κ3) is 12.5. The van der Waals surface area contributed by atoms with Crippen molar-refractivity contribution < 1.29 is 45.3 Å². The molecule has 78 heavy (non-hydrogen) atoms. The number of nitrogens with one attached hydrogen (secondary N) is 2. The van der Waals surface area contributed by atoms with Crippen molar-refractivity contribution in [2.24, 2.45) is 51.3 Å². The van der Waals surface area contributed by atoms with E-state index in [0.29, 0.717) is 84.8 Å². The van der Waals surface area contributed by atoms with Gasteiger partial charge in [0.05, 0.1) is 36.1 Å². The minimum absolute atomic E-state index is 0.0646. The van der Waals surface area contributed by atoms with Gasteiger partial charge in [-0.05, 0) is 172 Å². The average Bonchev–Trinajstić information content (AvgIpc) is 3.63. The number of ketones is 1. The molecule has 3 fully saturated rings. The number of aliphatic hydroxyl groups excluding tert-OH is 5. The van der Waals surface area contributed by atoms with Crippen LogP contribution >= 0.6 is 0 Å². The largest absolute Gasteiger partial charge is 0.508 e. The molecule has 8 rings (SSSR count). The lowest BCUT2D eigenvalue weighted by Crippen LogP contribution is -2.59. The second-order valence-electron chi connectivity index (χ2n) is 23.5. The number of aliphatic imine (C=N–C) groups is 1. The lowest BCUT2D eigenvalue weighted by Gasteiger charge is -2.56. The highest BCUT2D eigenvalue weighted by Gasteiger charge is 2.67. The van der Waals surface area contributed by atoms with Crippen molar-refractivity contribution in [2.45, 2.75) is 159 Å². The number of aromatic hydroxyl groups is 1. The van der Waals surface area contributed by atoms with Gasteiger partial charge in [0, 0.05) is 36.8 Å². The van der Waals surface area contributed by atoms with Crippen molar-refractivity contribution in [1.82, 2.24) is 10.6 Å². The lowest BCUT2D eigenvalue weighted by molar-refractivity contribution is -0.169. The van der Waals surface area contributed by atoms with Crippen molar-refractivity contribution in [1.29, 1.82) is 0 Å². The Labute approximate surface area is 459 Å². The standard InChI is InChI=1S/C63H84N6O9/c1-35(2)18-25-51(72)36(3)10-6-15-46-52(73)17-9-14-42-32-63(58(76)56(42)46)50-24-23-44(71)29-38-11-7-12-39(28-38)30-48(49(33-68-61(65)66)40-19-21-43(70)22-20-40)54(75)34-67-57-55-41(13-8-16-47(55)59(64)69-60(57)77)31-53(74)37(4)45(50)26-27-62(63,5)78/h6-8,10-13,15-16,18-22,28,42,44,48-52,54,56-59,67,70-73,75-76,78H,3,9,14,17,23-27,29-34,64H2,1-2,4-5H3,(H,69,77)(H4,65,66,68). The zero-order valence-electron chi connectivity index (χ0n) is 45.8.